The maximum absolute atomic E-state index is 10.9. The fourth-order valence-corrected chi connectivity index (χ4v) is 3.90. The van der Waals surface area contributed by atoms with Crippen molar-refractivity contribution in [1.82, 2.24) is 0 Å². The van der Waals surface area contributed by atoms with Crippen LogP contribution in [0.5, 0.6) is 5.75 Å². The van der Waals surface area contributed by atoms with Crippen molar-refractivity contribution in [3.63, 3.8) is 0 Å². The Kier molecular flexibility index (Phi) is 3.53. The van der Waals surface area contributed by atoms with Gasteiger partial charge >= 0.3 is 0 Å². The molecule has 0 amide bonds. The van der Waals surface area contributed by atoms with Crippen molar-refractivity contribution < 1.29 is 9.84 Å². The van der Waals surface area contributed by atoms with E-state index in [1.807, 2.05) is 6.07 Å². The van der Waals surface area contributed by atoms with Crippen LogP contribution in [0.3, 0.4) is 0 Å². The number of aliphatic hydroxyl groups is 1. The van der Waals surface area contributed by atoms with E-state index in [4.69, 9.17) is 4.74 Å². The minimum absolute atomic E-state index is 0.452. The first-order valence-electron chi connectivity index (χ1n) is 7.60. The lowest BCUT2D eigenvalue weighted by atomic mass is 9.72. The summed E-state index contributed by atoms with van der Waals surface area (Å²) in [7, 11) is 0. The first-order chi connectivity index (χ1) is 9.16. The van der Waals surface area contributed by atoms with Crippen molar-refractivity contribution in [3.8, 4) is 5.75 Å². The molecular weight excluding hydrogens is 236 g/mol. The van der Waals surface area contributed by atoms with E-state index < -0.39 is 5.60 Å². The molecule has 2 aliphatic rings. The van der Waals surface area contributed by atoms with Crippen molar-refractivity contribution in [2.24, 2.45) is 5.92 Å². The molecule has 3 unspecified atom stereocenters. The average Bonchev–Trinajstić information content (AvgIpc) is 2.38. The largest absolute Gasteiger partial charge is 0.493 e. The predicted molar refractivity (Wildman–Crippen MR) is 76.5 cm³/mol. The normalized spacial score (nSPS) is 34.4. The Morgan fingerprint density at radius 3 is 3.00 bits per heavy atom. The fraction of sp³-hybridized carbons (Fsp3) is 0.647. The number of fused-ring (bicyclic) bond motifs is 1. The summed E-state index contributed by atoms with van der Waals surface area (Å²) in [6, 6.07) is 8.32. The number of hydrogen-bond acceptors (Lipinski definition) is 2. The third-order valence-electron chi connectivity index (χ3n) is 4.78. The summed E-state index contributed by atoms with van der Waals surface area (Å²) >= 11 is 0. The molecule has 0 saturated heterocycles. The number of ether oxygens (including phenoxy) is 1. The summed E-state index contributed by atoms with van der Waals surface area (Å²) in [5.74, 6) is 2.14. The minimum atomic E-state index is -0.452. The fourth-order valence-electron chi connectivity index (χ4n) is 3.90. The van der Waals surface area contributed by atoms with Gasteiger partial charge in [-0.3, -0.25) is 0 Å². The van der Waals surface area contributed by atoms with Crippen molar-refractivity contribution in [1.29, 1.82) is 0 Å². The van der Waals surface area contributed by atoms with Gasteiger partial charge in [-0.2, -0.15) is 0 Å². The van der Waals surface area contributed by atoms with E-state index >= 15 is 0 Å². The molecule has 2 heteroatoms. The van der Waals surface area contributed by atoms with E-state index in [1.54, 1.807) is 0 Å². The summed E-state index contributed by atoms with van der Waals surface area (Å²) in [6.45, 7) is 3.05. The maximum Gasteiger partial charge on any atom is 0.122 e. The van der Waals surface area contributed by atoms with Crippen molar-refractivity contribution >= 4 is 0 Å². The second kappa shape index (κ2) is 5.16. The molecule has 1 N–H and O–H groups in total. The second-order valence-electron chi connectivity index (χ2n) is 6.50. The molecular formula is C17H24O2. The molecule has 3 rings (SSSR count). The Balaban J connectivity index is 1.77. The highest BCUT2D eigenvalue weighted by atomic mass is 16.5. The van der Waals surface area contributed by atoms with Gasteiger partial charge in [0.2, 0.25) is 0 Å². The first-order valence-corrected chi connectivity index (χ1v) is 7.60. The molecule has 19 heavy (non-hydrogen) atoms. The lowest BCUT2D eigenvalue weighted by molar-refractivity contribution is -0.0281. The highest BCUT2D eigenvalue weighted by Gasteiger charge is 2.36. The van der Waals surface area contributed by atoms with Crippen LogP contribution >= 0.6 is 0 Å². The number of benzene rings is 1. The smallest absolute Gasteiger partial charge is 0.122 e. The van der Waals surface area contributed by atoms with Crippen molar-refractivity contribution in [3.05, 3.63) is 29.8 Å². The Morgan fingerprint density at radius 2 is 2.16 bits per heavy atom. The lowest BCUT2D eigenvalue weighted by Gasteiger charge is -2.39. The Labute approximate surface area is 115 Å². The minimum Gasteiger partial charge on any atom is -0.493 e. The molecule has 1 fully saturated rings. The SMILES string of the molecule is CC1CCCC(O)(CC2CCOc3ccccc32)C1. The van der Waals surface area contributed by atoms with Crippen molar-refractivity contribution in [2.45, 2.75) is 57.0 Å². The third-order valence-corrected chi connectivity index (χ3v) is 4.78. The molecule has 2 nitrogen and oxygen atoms in total. The molecule has 0 aromatic heterocycles. The molecule has 0 radical (unpaired) electrons. The number of para-hydroxylation sites is 1. The molecule has 1 aliphatic carbocycles. The maximum atomic E-state index is 10.9. The summed E-state index contributed by atoms with van der Waals surface area (Å²) < 4.78 is 5.72. The highest BCUT2D eigenvalue weighted by Crippen LogP contribution is 2.43. The monoisotopic (exact) mass is 260 g/mol. The number of hydrogen-bond donors (Lipinski definition) is 1. The van der Waals surface area contributed by atoms with Gasteiger partial charge in [0.05, 0.1) is 12.2 Å². The molecule has 1 aromatic carbocycles. The molecule has 0 bridgehead atoms. The zero-order chi connectivity index (χ0) is 13.3. The van der Waals surface area contributed by atoms with Gasteiger partial charge in [-0.05, 0) is 49.1 Å². The van der Waals surface area contributed by atoms with Crippen LogP contribution in [0.2, 0.25) is 0 Å². The summed E-state index contributed by atoms with van der Waals surface area (Å²) in [4.78, 5) is 0. The zero-order valence-corrected chi connectivity index (χ0v) is 11.8. The Bertz CT molecular complexity index is 443. The highest BCUT2D eigenvalue weighted by molar-refractivity contribution is 5.38. The Hall–Kier alpha value is -1.02. The van der Waals surface area contributed by atoms with Crippen LogP contribution in [0.4, 0.5) is 0 Å². The van der Waals surface area contributed by atoms with E-state index in [0.29, 0.717) is 11.8 Å². The number of rotatable bonds is 2. The van der Waals surface area contributed by atoms with Crippen molar-refractivity contribution in [2.75, 3.05) is 6.61 Å². The van der Waals surface area contributed by atoms with E-state index in [-0.39, 0.29) is 0 Å². The van der Waals surface area contributed by atoms with Crippen LogP contribution in [-0.4, -0.2) is 17.3 Å². The second-order valence-corrected chi connectivity index (χ2v) is 6.50. The van der Waals surface area contributed by atoms with E-state index in [0.717, 1.165) is 38.0 Å². The van der Waals surface area contributed by atoms with Crippen LogP contribution in [0.25, 0.3) is 0 Å². The first kappa shape index (κ1) is 13.0. The van der Waals surface area contributed by atoms with Gasteiger partial charge in [0.15, 0.2) is 0 Å². The molecule has 1 heterocycles. The van der Waals surface area contributed by atoms with E-state index in [2.05, 4.69) is 25.1 Å². The molecule has 3 atom stereocenters. The molecule has 0 spiro atoms. The summed E-state index contributed by atoms with van der Waals surface area (Å²) in [5.41, 5.74) is 0.840. The van der Waals surface area contributed by atoms with Gasteiger partial charge in [0.25, 0.3) is 0 Å². The standard InChI is InChI=1S/C17H24O2/c1-13-5-4-9-17(18,11-13)12-14-8-10-19-16-7-3-2-6-15(14)16/h2-3,6-7,13-14,18H,4-5,8-12H2,1H3. The van der Waals surface area contributed by atoms with Gasteiger partial charge in [-0.15, -0.1) is 0 Å². The summed E-state index contributed by atoms with van der Waals surface area (Å²) in [6.07, 6.45) is 6.31. The molecule has 104 valence electrons. The van der Waals surface area contributed by atoms with Crippen LogP contribution in [-0.2, 0) is 0 Å². The molecule has 1 aromatic rings. The van der Waals surface area contributed by atoms with Gasteiger partial charge in [0, 0.05) is 0 Å². The van der Waals surface area contributed by atoms with Crippen LogP contribution in [0.1, 0.15) is 56.9 Å². The quantitative estimate of drug-likeness (QED) is 0.874. The zero-order valence-electron chi connectivity index (χ0n) is 11.8. The van der Waals surface area contributed by atoms with Gasteiger partial charge < -0.3 is 9.84 Å². The molecule has 1 saturated carbocycles. The van der Waals surface area contributed by atoms with Crippen LogP contribution in [0.15, 0.2) is 24.3 Å². The topological polar surface area (TPSA) is 29.5 Å². The van der Waals surface area contributed by atoms with E-state index in [9.17, 15) is 5.11 Å². The third kappa shape index (κ3) is 2.79. The van der Waals surface area contributed by atoms with Gasteiger partial charge in [-0.1, -0.05) is 38.0 Å². The van der Waals surface area contributed by atoms with Gasteiger partial charge in [0.1, 0.15) is 5.75 Å². The van der Waals surface area contributed by atoms with Gasteiger partial charge in [-0.25, -0.2) is 0 Å². The Morgan fingerprint density at radius 1 is 1.32 bits per heavy atom. The van der Waals surface area contributed by atoms with Crippen LogP contribution < -0.4 is 4.74 Å². The van der Waals surface area contributed by atoms with E-state index in [1.165, 1.54) is 18.4 Å². The summed E-state index contributed by atoms with van der Waals surface area (Å²) in [5, 5.41) is 10.9. The average molecular weight is 260 g/mol. The lowest BCUT2D eigenvalue weighted by Crippen LogP contribution is -2.37. The molecule has 1 aliphatic heterocycles. The van der Waals surface area contributed by atoms with Crippen LogP contribution in [0, 0.1) is 5.92 Å². The predicted octanol–water partition coefficient (Wildman–Crippen LogP) is 3.88.